The molecule has 0 aliphatic heterocycles. The highest BCUT2D eigenvalue weighted by atomic mass is 16.1. The zero-order valence-corrected chi connectivity index (χ0v) is 16.1. The van der Waals surface area contributed by atoms with Gasteiger partial charge in [-0.25, -0.2) is 0 Å². The molecular weight excluding hydrogens is 336 g/mol. The fourth-order valence-corrected chi connectivity index (χ4v) is 4.62. The number of amides is 1. The molecule has 4 rings (SSSR count). The van der Waals surface area contributed by atoms with E-state index in [0.717, 1.165) is 30.6 Å². The van der Waals surface area contributed by atoms with Crippen LogP contribution in [-0.2, 0) is 24.2 Å². The molecule has 1 saturated carbocycles. The minimum absolute atomic E-state index is 0.206. The van der Waals surface area contributed by atoms with E-state index in [2.05, 4.69) is 15.0 Å². The summed E-state index contributed by atoms with van der Waals surface area (Å²) >= 11 is 0. The highest BCUT2D eigenvalue weighted by Gasteiger charge is 2.22. The van der Waals surface area contributed by atoms with Crippen LogP contribution in [0.4, 0.5) is 0 Å². The predicted molar refractivity (Wildman–Crippen MR) is 106 cm³/mol. The molecule has 144 valence electrons. The van der Waals surface area contributed by atoms with Gasteiger partial charge in [0.15, 0.2) is 0 Å². The summed E-state index contributed by atoms with van der Waals surface area (Å²) in [5.74, 6) is 0.798. The maximum atomic E-state index is 12.3. The average molecular weight is 367 g/mol. The van der Waals surface area contributed by atoms with Crippen molar-refractivity contribution in [2.24, 2.45) is 5.92 Å². The lowest BCUT2D eigenvalue weighted by Gasteiger charge is -2.21. The van der Waals surface area contributed by atoms with Crippen LogP contribution in [0.3, 0.4) is 0 Å². The molecule has 0 spiro atoms. The van der Waals surface area contributed by atoms with Gasteiger partial charge in [0.2, 0.25) is 5.91 Å². The van der Waals surface area contributed by atoms with Crippen LogP contribution in [0.15, 0.2) is 24.5 Å². The molecule has 0 radical (unpaired) electrons. The predicted octanol–water partition coefficient (Wildman–Crippen LogP) is 3.91. The van der Waals surface area contributed by atoms with E-state index in [0.29, 0.717) is 18.9 Å². The van der Waals surface area contributed by atoms with E-state index in [1.54, 1.807) is 0 Å². The number of hydrogen-bond acceptors (Lipinski definition) is 3. The van der Waals surface area contributed by atoms with E-state index in [4.69, 9.17) is 5.10 Å². The van der Waals surface area contributed by atoms with E-state index in [-0.39, 0.29) is 5.91 Å². The molecule has 2 heterocycles. The van der Waals surface area contributed by atoms with Gasteiger partial charge in [0.25, 0.3) is 0 Å². The van der Waals surface area contributed by atoms with Gasteiger partial charge in [-0.1, -0.05) is 19.3 Å². The summed E-state index contributed by atoms with van der Waals surface area (Å²) < 4.78 is 2.13. The lowest BCUT2D eigenvalue weighted by molar-refractivity contribution is -0.122. The van der Waals surface area contributed by atoms with E-state index in [9.17, 15) is 4.79 Å². The number of pyridine rings is 1. The molecule has 1 N–H and O–H groups in total. The number of rotatable bonds is 6. The Hall–Kier alpha value is -2.17. The molecule has 0 atom stereocenters. The smallest absolute Gasteiger partial charge is 0.220 e. The fraction of sp³-hybridized carbons (Fsp3) is 0.591. The van der Waals surface area contributed by atoms with Crippen LogP contribution in [0.1, 0.15) is 62.6 Å². The first-order valence-electron chi connectivity index (χ1n) is 10.6. The molecule has 5 heteroatoms. The van der Waals surface area contributed by atoms with Crippen LogP contribution >= 0.6 is 0 Å². The van der Waals surface area contributed by atoms with E-state index >= 15 is 0 Å². The largest absolute Gasteiger partial charge is 0.354 e. The number of nitrogens with zero attached hydrogens (tertiary/aromatic N) is 3. The Morgan fingerprint density at radius 3 is 2.67 bits per heavy atom. The zero-order valence-electron chi connectivity index (χ0n) is 16.1. The minimum atomic E-state index is 0.206. The van der Waals surface area contributed by atoms with Crippen molar-refractivity contribution in [3.05, 3.63) is 35.8 Å². The van der Waals surface area contributed by atoms with Crippen molar-refractivity contribution >= 4 is 5.91 Å². The molecule has 1 fully saturated rings. The molecule has 0 aromatic carbocycles. The summed E-state index contributed by atoms with van der Waals surface area (Å²) in [6.45, 7) is 1.42. The highest BCUT2D eigenvalue weighted by molar-refractivity contribution is 5.76. The lowest BCUT2D eigenvalue weighted by atomic mass is 9.87. The second-order valence-electron chi connectivity index (χ2n) is 8.00. The average Bonchev–Trinajstić information content (AvgIpc) is 3.08. The Morgan fingerprint density at radius 1 is 1.07 bits per heavy atom. The van der Waals surface area contributed by atoms with Crippen molar-refractivity contribution in [2.45, 2.75) is 70.8 Å². The van der Waals surface area contributed by atoms with Gasteiger partial charge >= 0.3 is 0 Å². The first-order chi connectivity index (χ1) is 13.3. The summed E-state index contributed by atoms with van der Waals surface area (Å²) in [5.41, 5.74) is 4.99. The Labute approximate surface area is 161 Å². The molecule has 2 aliphatic carbocycles. The standard InChI is InChI=1S/C22H30N4O/c27-21(16-17-6-2-1-3-7-17)24-14-15-26-20-9-5-4-8-19(20)22(25-26)18-10-12-23-13-11-18/h10-13,17H,1-9,14-16H2,(H,24,27). The number of fused-ring (bicyclic) bond motifs is 1. The Morgan fingerprint density at radius 2 is 1.85 bits per heavy atom. The van der Waals surface area contributed by atoms with Crippen LogP contribution in [0.2, 0.25) is 0 Å². The van der Waals surface area contributed by atoms with Crippen LogP contribution in [0.5, 0.6) is 0 Å². The van der Waals surface area contributed by atoms with Crippen LogP contribution in [-0.4, -0.2) is 27.2 Å². The number of hydrogen-bond donors (Lipinski definition) is 1. The monoisotopic (exact) mass is 366 g/mol. The highest BCUT2D eigenvalue weighted by Crippen LogP contribution is 2.31. The van der Waals surface area contributed by atoms with E-state index in [1.165, 1.54) is 56.2 Å². The molecule has 1 amide bonds. The molecule has 0 unspecified atom stereocenters. The molecule has 0 bridgehead atoms. The third-order valence-electron chi connectivity index (χ3n) is 6.06. The molecule has 5 nitrogen and oxygen atoms in total. The minimum Gasteiger partial charge on any atom is -0.354 e. The lowest BCUT2D eigenvalue weighted by Crippen LogP contribution is -2.30. The Balaban J connectivity index is 1.39. The SMILES string of the molecule is O=C(CC1CCCCC1)NCCn1nc(-c2ccncc2)c2c1CCCC2. The van der Waals surface area contributed by atoms with Gasteiger partial charge in [-0.05, 0) is 56.6 Å². The van der Waals surface area contributed by atoms with Crippen molar-refractivity contribution < 1.29 is 4.79 Å². The van der Waals surface area contributed by atoms with Crippen LogP contribution < -0.4 is 5.32 Å². The molecule has 2 aromatic heterocycles. The zero-order chi connectivity index (χ0) is 18.5. The quantitative estimate of drug-likeness (QED) is 0.843. The summed E-state index contributed by atoms with van der Waals surface area (Å²) in [6, 6.07) is 4.07. The van der Waals surface area contributed by atoms with Gasteiger partial charge < -0.3 is 5.32 Å². The first-order valence-corrected chi connectivity index (χ1v) is 10.6. The van der Waals surface area contributed by atoms with Gasteiger partial charge in [0.05, 0.1) is 12.2 Å². The summed E-state index contributed by atoms with van der Waals surface area (Å²) in [5, 5.41) is 8.04. The normalized spacial score (nSPS) is 17.5. The van der Waals surface area contributed by atoms with Crippen molar-refractivity contribution in [1.29, 1.82) is 0 Å². The summed E-state index contributed by atoms with van der Waals surface area (Å²) in [6.07, 6.45) is 15.3. The number of carbonyl (C=O) groups excluding carboxylic acids is 1. The Bertz CT molecular complexity index is 762. The summed E-state index contributed by atoms with van der Waals surface area (Å²) in [4.78, 5) is 16.4. The molecular formula is C22H30N4O. The van der Waals surface area contributed by atoms with Crippen molar-refractivity contribution in [3.8, 4) is 11.3 Å². The Kier molecular flexibility index (Phi) is 5.85. The van der Waals surface area contributed by atoms with Crippen molar-refractivity contribution in [1.82, 2.24) is 20.1 Å². The van der Waals surface area contributed by atoms with Gasteiger partial charge in [0, 0.05) is 42.2 Å². The third kappa shape index (κ3) is 4.40. The van der Waals surface area contributed by atoms with Crippen LogP contribution in [0.25, 0.3) is 11.3 Å². The van der Waals surface area contributed by atoms with Gasteiger partial charge in [-0.2, -0.15) is 5.10 Å². The van der Waals surface area contributed by atoms with E-state index < -0.39 is 0 Å². The maximum absolute atomic E-state index is 12.3. The van der Waals surface area contributed by atoms with Gasteiger partial charge in [0.1, 0.15) is 0 Å². The molecule has 0 saturated heterocycles. The van der Waals surface area contributed by atoms with Gasteiger partial charge in [-0.15, -0.1) is 0 Å². The van der Waals surface area contributed by atoms with Crippen LogP contribution in [0, 0.1) is 5.92 Å². The number of nitrogens with one attached hydrogen (secondary N) is 1. The molecule has 27 heavy (non-hydrogen) atoms. The summed E-state index contributed by atoms with van der Waals surface area (Å²) in [7, 11) is 0. The first kappa shape index (κ1) is 18.2. The van der Waals surface area contributed by atoms with Gasteiger partial charge in [-0.3, -0.25) is 14.5 Å². The number of aromatic nitrogens is 3. The third-order valence-corrected chi connectivity index (χ3v) is 6.06. The molecule has 2 aliphatic rings. The second-order valence-corrected chi connectivity index (χ2v) is 8.00. The fourth-order valence-electron chi connectivity index (χ4n) is 4.62. The number of carbonyl (C=O) groups is 1. The van der Waals surface area contributed by atoms with E-state index in [1.807, 2.05) is 24.5 Å². The van der Waals surface area contributed by atoms with Crippen molar-refractivity contribution in [3.63, 3.8) is 0 Å². The van der Waals surface area contributed by atoms with Crippen molar-refractivity contribution in [2.75, 3.05) is 6.54 Å². The maximum Gasteiger partial charge on any atom is 0.220 e. The molecule has 2 aromatic rings. The topological polar surface area (TPSA) is 59.8 Å². The second kappa shape index (κ2) is 8.68.